The highest BCUT2D eigenvalue weighted by Crippen LogP contribution is 2.22. The van der Waals surface area contributed by atoms with E-state index in [9.17, 15) is 8.42 Å². The minimum absolute atomic E-state index is 0.0299. The molecule has 5 nitrogen and oxygen atoms in total. The lowest BCUT2D eigenvalue weighted by atomic mass is 10.2. The van der Waals surface area contributed by atoms with E-state index in [4.69, 9.17) is 0 Å². The molecule has 0 saturated carbocycles. The third kappa shape index (κ3) is 4.10. The van der Waals surface area contributed by atoms with Gasteiger partial charge in [-0.05, 0) is 42.9 Å². The summed E-state index contributed by atoms with van der Waals surface area (Å²) in [5, 5.41) is 3.22. The molecule has 1 aliphatic rings. The molecule has 20 heavy (non-hydrogen) atoms. The van der Waals surface area contributed by atoms with Gasteiger partial charge in [0.1, 0.15) is 0 Å². The molecule has 0 spiro atoms. The standard InChI is InChI=1S/C13H21N3O2S2/c1-2-7-14-12-4-3-8-15-13(12)20(17,18)16-11-5-9-19-10-6-11/h3-4,8,11,14,16H,2,5-7,9-10H2,1H3. The monoisotopic (exact) mass is 315 g/mol. The highest BCUT2D eigenvalue weighted by Gasteiger charge is 2.25. The Hall–Kier alpha value is -0.790. The number of aromatic nitrogens is 1. The Morgan fingerprint density at radius 3 is 2.85 bits per heavy atom. The lowest BCUT2D eigenvalue weighted by Crippen LogP contribution is -2.38. The third-order valence-electron chi connectivity index (χ3n) is 3.13. The lowest BCUT2D eigenvalue weighted by molar-refractivity contribution is 0.526. The van der Waals surface area contributed by atoms with Crippen LogP contribution in [0, 0.1) is 0 Å². The first-order valence-corrected chi connectivity index (χ1v) is 9.56. The van der Waals surface area contributed by atoms with E-state index in [0.717, 1.165) is 37.3 Å². The fourth-order valence-corrected chi connectivity index (χ4v) is 4.61. The molecule has 0 aromatic carbocycles. The van der Waals surface area contributed by atoms with Gasteiger partial charge in [0.15, 0.2) is 5.03 Å². The highest BCUT2D eigenvalue weighted by molar-refractivity contribution is 7.99. The van der Waals surface area contributed by atoms with E-state index in [2.05, 4.69) is 15.0 Å². The van der Waals surface area contributed by atoms with E-state index >= 15 is 0 Å². The van der Waals surface area contributed by atoms with Crippen LogP contribution in [0.5, 0.6) is 0 Å². The minimum atomic E-state index is -3.55. The minimum Gasteiger partial charge on any atom is -0.383 e. The van der Waals surface area contributed by atoms with E-state index in [1.807, 2.05) is 18.7 Å². The van der Waals surface area contributed by atoms with Crippen molar-refractivity contribution in [1.82, 2.24) is 9.71 Å². The molecule has 2 heterocycles. The summed E-state index contributed by atoms with van der Waals surface area (Å²) >= 11 is 1.87. The van der Waals surface area contributed by atoms with Crippen molar-refractivity contribution < 1.29 is 8.42 Å². The predicted octanol–water partition coefficient (Wildman–Crippen LogP) is 2.08. The maximum atomic E-state index is 12.5. The molecule has 1 aliphatic heterocycles. The van der Waals surface area contributed by atoms with Gasteiger partial charge >= 0.3 is 0 Å². The number of pyridine rings is 1. The van der Waals surface area contributed by atoms with Crippen LogP contribution in [0.2, 0.25) is 0 Å². The molecule has 0 atom stereocenters. The summed E-state index contributed by atoms with van der Waals surface area (Å²) in [5.41, 5.74) is 0.576. The first-order chi connectivity index (χ1) is 9.63. The quantitative estimate of drug-likeness (QED) is 0.841. The summed E-state index contributed by atoms with van der Waals surface area (Å²) in [5.74, 6) is 2.02. The topological polar surface area (TPSA) is 71.1 Å². The predicted molar refractivity (Wildman–Crippen MR) is 83.7 cm³/mol. The molecule has 2 N–H and O–H groups in total. The molecular formula is C13H21N3O2S2. The van der Waals surface area contributed by atoms with Crippen LogP contribution in [-0.4, -0.2) is 37.5 Å². The zero-order valence-corrected chi connectivity index (χ0v) is 13.3. The summed E-state index contributed by atoms with van der Waals surface area (Å²) in [6.07, 6.45) is 4.22. The summed E-state index contributed by atoms with van der Waals surface area (Å²) in [7, 11) is -3.55. The first kappa shape index (κ1) is 15.6. The number of rotatable bonds is 6. The van der Waals surface area contributed by atoms with Crippen LogP contribution in [0.4, 0.5) is 5.69 Å². The molecule has 1 aromatic rings. The van der Waals surface area contributed by atoms with Crippen LogP contribution < -0.4 is 10.0 Å². The second-order valence-corrected chi connectivity index (χ2v) is 7.64. The van der Waals surface area contributed by atoms with Gasteiger partial charge in [-0.15, -0.1) is 0 Å². The van der Waals surface area contributed by atoms with Gasteiger partial charge in [-0.1, -0.05) is 6.92 Å². The van der Waals surface area contributed by atoms with E-state index in [-0.39, 0.29) is 11.1 Å². The van der Waals surface area contributed by atoms with Gasteiger partial charge in [-0.2, -0.15) is 11.8 Å². The molecule has 0 radical (unpaired) electrons. The van der Waals surface area contributed by atoms with E-state index in [1.165, 1.54) is 6.20 Å². The fraction of sp³-hybridized carbons (Fsp3) is 0.615. The molecular weight excluding hydrogens is 294 g/mol. The van der Waals surface area contributed by atoms with Gasteiger partial charge in [0.25, 0.3) is 10.0 Å². The van der Waals surface area contributed by atoms with Crippen LogP contribution in [0.1, 0.15) is 26.2 Å². The maximum absolute atomic E-state index is 12.5. The van der Waals surface area contributed by atoms with Crippen LogP contribution in [0.3, 0.4) is 0 Å². The lowest BCUT2D eigenvalue weighted by Gasteiger charge is -2.22. The Balaban J connectivity index is 2.15. The molecule has 0 aliphatic carbocycles. The van der Waals surface area contributed by atoms with Crippen LogP contribution in [0.15, 0.2) is 23.4 Å². The summed E-state index contributed by atoms with van der Waals surface area (Å²) in [6, 6.07) is 3.53. The Bertz CT molecular complexity index is 528. The number of sulfonamides is 1. The number of hydrogen-bond acceptors (Lipinski definition) is 5. The molecule has 1 aromatic heterocycles. The molecule has 1 fully saturated rings. The SMILES string of the molecule is CCCNc1cccnc1S(=O)(=O)NC1CCSCC1. The summed E-state index contributed by atoms with van der Waals surface area (Å²) in [6.45, 7) is 2.77. The normalized spacial score (nSPS) is 17.1. The van der Waals surface area contributed by atoms with Crippen LogP contribution >= 0.6 is 11.8 Å². The van der Waals surface area contributed by atoms with Gasteiger partial charge in [0.05, 0.1) is 5.69 Å². The van der Waals surface area contributed by atoms with Crippen molar-refractivity contribution in [2.75, 3.05) is 23.4 Å². The number of anilines is 1. The smallest absolute Gasteiger partial charge is 0.260 e. The Labute approximate surface area is 125 Å². The number of thioether (sulfide) groups is 1. The Morgan fingerprint density at radius 2 is 2.15 bits per heavy atom. The largest absolute Gasteiger partial charge is 0.383 e. The second-order valence-electron chi connectivity index (χ2n) is 4.79. The van der Waals surface area contributed by atoms with E-state index in [0.29, 0.717) is 5.69 Å². The average molecular weight is 315 g/mol. The number of hydrogen-bond donors (Lipinski definition) is 2. The van der Waals surface area contributed by atoms with Crippen LogP contribution in [-0.2, 0) is 10.0 Å². The molecule has 1 saturated heterocycles. The van der Waals surface area contributed by atoms with Crippen molar-refractivity contribution in [3.8, 4) is 0 Å². The van der Waals surface area contributed by atoms with Crippen molar-refractivity contribution in [2.45, 2.75) is 37.3 Å². The second kappa shape index (κ2) is 7.28. The van der Waals surface area contributed by atoms with Crippen LogP contribution in [0.25, 0.3) is 0 Å². The van der Waals surface area contributed by atoms with Gasteiger partial charge in [-0.25, -0.2) is 18.1 Å². The molecule has 112 valence electrons. The Kier molecular flexibility index (Phi) is 5.68. The van der Waals surface area contributed by atoms with Crippen molar-refractivity contribution in [1.29, 1.82) is 0 Å². The fourth-order valence-electron chi connectivity index (χ4n) is 2.09. The molecule has 0 unspecified atom stereocenters. The van der Waals surface area contributed by atoms with Gasteiger partial charge in [0.2, 0.25) is 0 Å². The van der Waals surface area contributed by atoms with Gasteiger partial charge in [-0.3, -0.25) is 0 Å². The first-order valence-electron chi connectivity index (χ1n) is 6.92. The average Bonchev–Trinajstić information content (AvgIpc) is 2.46. The van der Waals surface area contributed by atoms with Crippen molar-refractivity contribution in [3.05, 3.63) is 18.3 Å². The number of nitrogens with zero attached hydrogens (tertiary/aromatic N) is 1. The zero-order chi connectivity index (χ0) is 14.4. The third-order valence-corrected chi connectivity index (χ3v) is 5.66. The molecule has 0 amide bonds. The van der Waals surface area contributed by atoms with E-state index < -0.39 is 10.0 Å². The van der Waals surface area contributed by atoms with E-state index in [1.54, 1.807) is 12.1 Å². The van der Waals surface area contributed by atoms with Crippen molar-refractivity contribution in [2.24, 2.45) is 0 Å². The van der Waals surface area contributed by atoms with Crippen molar-refractivity contribution >= 4 is 27.5 Å². The summed E-state index contributed by atoms with van der Waals surface area (Å²) < 4.78 is 27.7. The molecule has 0 bridgehead atoms. The summed E-state index contributed by atoms with van der Waals surface area (Å²) in [4.78, 5) is 4.05. The Morgan fingerprint density at radius 1 is 1.40 bits per heavy atom. The van der Waals surface area contributed by atoms with Crippen molar-refractivity contribution in [3.63, 3.8) is 0 Å². The maximum Gasteiger partial charge on any atom is 0.260 e. The molecule has 7 heteroatoms. The molecule has 2 rings (SSSR count). The number of nitrogens with one attached hydrogen (secondary N) is 2. The van der Waals surface area contributed by atoms with Gasteiger partial charge in [0, 0.05) is 18.8 Å². The zero-order valence-electron chi connectivity index (χ0n) is 11.6. The van der Waals surface area contributed by atoms with Gasteiger partial charge < -0.3 is 5.32 Å². The highest BCUT2D eigenvalue weighted by atomic mass is 32.2.